The van der Waals surface area contributed by atoms with Crippen LogP contribution in [0.2, 0.25) is 0 Å². The largest absolute Gasteiger partial charge is 0.481 e. The third kappa shape index (κ3) is 3.00. The lowest BCUT2D eigenvalue weighted by Gasteiger charge is -2.38. The molecule has 0 spiro atoms. The number of aliphatic carboxylic acids is 1. The fraction of sp³-hybridized carbons (Fsp3) is 0.538. The van der Waals surface area contributed by atoms with E-state index >= 15 is 0 Å². The third-order valence-corrected chi connectivity index (χ3v) is 5.42. The first kappa shape index (κ1) is 14.5. The van der Waals surface area contributed by atoms with Gasteiger partial charge in [0.25, 0.3) is 5.91 Å². The zero-order valence-corrected chi connectivity index (χ0v) is 13.0. The van der Waals surface area contributed by atoms with Crippen molar-refractivity contribution in [3.05, 3.63) is 20.8 Å². The van der Waals surface area contributed by atoms with E-state index in [2.05, 4.69) is 21.2 Å². The van der Waals surface area contributed by atoms with Crippen LogP contribution < -0.4 is 5.32 Å². The number of carboxylic acid groups (broad SMARTS) is 1. The molecule has 0 aromatic carbocycles. The van der Waals surface area contributed by atoms with Gasteiger partial charge in [0, 0.05) is 6.04 Å². The number of carboxylic acids is 1. The predicted molar refractivity (Wildman–Crippen MR) is 77.5 cm³/mol. The highest BCUT2D eigenvalue weighted by atomic mass is 79.9. The molecule has 104 valence electrons. The van der Waals surface area contributed by atoms with E-state index in [4.69, 9.17) is 0 Å². The Bertz CT molecular complexity index is 502. The Morgan fingerprint density at radius 3 is 2.79 bits per heavy atom. The maximum atomic E-state index is 12.1. The molecule has 1 aliphatic carbocycles. The van der Waals surface area contributed by atoms with Crippen molar-refractivity contribution in [2.45, 2.75) is 38.6 Å². The quantitative estimate of drug-likeness (QED) is 0.883. The molecule has 2 atom stereocenters. The molecule has 0 aliphatic heterocycles. The van der Waals surface area contributed by atoms with Gasteiger partial charge in [-0.25, -0.2) is 0 Å². The molecule has 0 radical (unpaired) electrons. The minimum Gasteiger partial charge on any atom is -0.481 e. The van der Waals surface area contributed by atoms with Gasteiger partial charge in [-0.1, -0.05) is 12.8 Å². The zero-order chi connectivity index (χ0) is 14.0. The number of carbonyl (C=O) groups is 2. The number of amides is 1. The molecule has 1 fully saturated rings. The molecule has 6 heteroatoms. The predicted octanol–water partition coefficient (Wildman–Crippen LogP) is 3.27. The van der Waals surface area contributed by atoms with Crippen LogP contribution in [0.1, 0.15) is 42.3 Å². The highest BCUT2D eigenvalue weighted by molar-refractivity contribution is 9.11. The van der Waals surface area contributed by atoms with Gasteiger partial charge in [-0.2, -0.15) is 0 Å². The summed E-state index contributed by atoms with van der Waals surface area (Å²) in [5.41, 5.74) is -0.859. The Morgan fingerprint density at radius 2 is 2.21 bits per heavy atom. The molecule has 1 aliphatic rings. The second-order valence-electron chi connectivity index (χ2n) is 5.10. The minimum absolute atomic E-state index is 0.185. The summed E-state index contributed by atoms with van der Waals surface area (Å²) < 4.78 is 0.891. The van der Waals surface area contributed by atoms with E-state index in [-0.39, 0.29) is 11.9 Å². The van der Waals surface area contributed by atoms with E-state index < -0.39 is 11.4 Å². The summed E-state index contributed by atoms with van der Waals surface area (Å²) in [5.74, 6) is -1.01. The maximum absolute atomic E-state index is 12.1. The first-order valence-corrected chi connectivity index (χ1v) is 7.84. The van der Waals surface area contributed by atoms with Crippen molar-refractivity contribution >= 4 is 39.1 Å². The van der Waals surface area contributed by atoms with Crippen molar-refractivity contribution in [1.82, 2.24) is 5.32 Å². The van der Waals surface area contributed by atoms with Crippen LogP contribution in [-0.2, 0) is 4.79 Å². The summed E-state index contributed by atoms with van der Waals surface area (Å²) in [5, 5.41) is 12.3. The van der Waals surface area contributed by atoms with Gasteiger partial charge in [0.05, 0.1) is 14.1 Å². The smallest absolute Gasteiger partial charge is 0.311 e. The van der Waals surface area contributed by atoms with Crippen molar-refractivity contribution in [1.29, 1.82) is 0 Å². The van der Waals surface area contributed by atoms with E-state index in [1.54, 1.807) is 13.0 Å². The lowest BCUT2D eigenvalue weighted by Crippen LogP contribution is -2.52. The Morgan fingerprint density at radius 1 is 1.47 bits per heavy atom. The molecule has 1 heterocycles. The Labute approximate surface area is 124 Å². The summed E-state index contributed by atoms with van der Waals surface area (Å²) in [4.78, 5) is 24.2. The number of hydrogen-bond acceptors (Lipinski definition) is 3. The third-order valence-electron chi connectivity index (χ3n) is 3.80. The standard InChI is InChI=1S/C13H16BrNO3S/c1-13(12(17)18)7-3-2-4-9(13)15-11(16)8-5-6-10(14)19-8/h5-6,9H,2-4,7H2,1H3,(H,15,16)(H,17,18). The fourth-order valence-electron chi connectivity index (χ4n) is 2.49. The van der Waals surface area contributed by atoms with Gasteiger partial charge < -0.3 is 10.4 Å². The summed E-state index contributed by atoms with van der Waals surface area (Å²) in [6.45, 7) is 1.73. The van der Waals surface area contributed by atoms with E-state index in [0.717, 1.165) is 23.0 Å². The molecule has 1 aromatic rings. The van der Waals surface area contributed by atoms with Crippen LogP contribution in [-0.4, -0.2) is 23.0 Å². The molecule has 1 amide bonds. The molecular weight excluding hydrogens is 330 g/mol. The van der Waals surface area contributed by atoms with Gasteiger partial charge in [0.1, 0.15) is 0 Å². The number of halogens is 1. The summed E-state index contributed by atoms with van der Waals surface area (Å²) >= 11 is 4.67. The van der Waals surface area contributed by atoms with Crippen molar-refractivity contribution in [3.8, 4) is 0 Å². The van der Waals surface area contributed by atoms with Gasteiger partial charge in [0.2, 0.25) is 0 Å². The second kappa shape index (κ2) is 5.63. The van der Waals surface area contributed by atoms with E-state index in [9.17, 15) is 14.7 Å². The fourth-order valence-corrected chi connectivity index (χ4v) is 3.78. The van der Waals surface area contributed by atoms with Crippen molar-refractivity contribution in [2.75, 3.05) is 0 Å². The number of nitrogens with one attached hydrogen (secondary N) is 1. The average molecular weight is 346 g/mol. The Balaban J connectivity index is 2.12. The van der Waals surface area contributed by atoms with Crippen LogP contribution >= 0.6 is 27.3 Å². The Hall–Kier alpha value is -0.880. The van der Waals surface area contributed by atoms with Gasteiger partial charge in [-0.3, -0.25) is 9.59 Å². The zero-order valence-electron chi connectivity index (χ0n) is 10.6. The van der Waals surface area contributed by atoms with Crippen LogP contribution in [0.15, 0.2) is 15.9 Å². The highest BCUT2D eigenvalue weighted by Gasteiger charge is 2.43. The van der Waals surface area contributed by atoms with Crippen molar-refractivity contribution < 1.29 is 14.7 Å². The molecule has 2 unspecified atom stereocenters. The van der Waals surface area contributed by atoms with Crippen molar-refractivity contribution in [2.24, 2.45) is 5.41 Å². The normalized spacial score (nSPS) is 26.9. The lowest BCUT2D eigenvalue weighted by molar-refractivity contribution is -0.151. The first-order chi connectivity index (χ1) is 8.93. The first-order valence-electron chi connectivity index (χ1n) is 6.23. The van der Waals surface area contributed by atoms with Gasteiger partial charge in [0.15, 0.2) is 0 Å². The van der Waals surface area contributed by atoms with Crippen LogP contribution in [0.3, 0.4) is 0 Å². The van der Waals surface area contributed by atoms with Crippen LogP contribution in [0.5, 0.6) is 0 Å². The van der Waals surface area contributed by atoms with Crippen LogP contribution in [0.4, 0.5) is 0 Å². The molecule has 2 rings (SSSR count). The van der Waals surface area contributed by atoms with Gasteiger partial charge in [-0.05, 0) is 47.8 Å². The molecule has 1 saturated carbocycles. The van der Waals surface area contributed by atoms with Crippen LogP contribution in [0.25, 0.3) is 0 Å². The topological polar surface area (TPSA) is 66.4 Å². The van der Waals surface area contributed by atoms with Gasteiger partial charge in [-0.15, -0.1) is 11.3 Å². The summed E-state index contributed by atoms with van der Waals surface area (Å²) in [6.07, 6.45) is 3.20. The van der Waals surface area contributed by atoms with E-state index in [1.807, 2.05) is 6.07 Å². The second-order valence-corrected chi connectivity index (χ2v) is 7.56. The van der Waals surface area contributed by atoms with Crippen LogP contribution in [0, 0.1) is 5.41 Å². The number of thiophene rings is 1. The molecule has 0 saturated heterocycles. The number of hydrogen-bond donors (Lipinski definition) is 2. The average Bonchev–Trinajstić information content (AvgIpc) is 2.79. The molecular formula is C13H16BrNO3S. The molecule has 0 bridgehead atoms. The number of carbonyl (C=O) groups excluding carboxylic acids is 1. The SMILES string of the molecule is CC1(C(=O)O)CCCCC1NC(=O)c1ccc(Br)s1. The lowest BCUT2D eigenvalue weighted by atomic mass is 9.71. The summed E-state index contributed by atoms with van der Waals surface area (Å²) in [6, 6.07) is 3.26. The number of rotatable bonds is 3. The molecule has 1 aromatic heterocycles. The van der Waals surface area contributed by atoms with E-state index in [1.165, 1.54) is 11.3 Å². The highest BCUT2D eigenvalue weighted by Crippen LogP contribution is 2.36. The monoisotopic (exact) mass is 345 g/mol. The molecule has 4 nitrogen and oxygen atoms in total. The van der Waals surface area contributed by atoms with Gasteiger partial charge >= 0.3 is 5.97 Å². The minimum atomic E-state index is -0.859. The Kier molecular flexibility index (Phi) is 4.30. The maximum Gasteiger partial charge on any atom is 0.311 e. The summed E-state index contributed by atoms with van der Waals surface area (Å²) in [7, 11) is 0. The molecule has 19 heavy (non-hydrogen) atoms. The molecule has 2 N–H and O–H groups in total. The van der Waals surface area contributed by atoms with Crippen molar-refractivity contribution in [3.63, 3.8) is 0 Å². The van der Waals surface area contributed by atoms with E-state index in [0.29, 0.717) is 11.3 Å².